The second kappa shape index (κ2) is 6.16. The van der Waals surface area contributed by atoms with Gasteiger partial charge in [-0.15, -0.1) is 0 Å². The molecule has 1 aromatic carbocycles. The summed E-state index contributed by atoms with van der Waals surface area (Å²) in [4.78, 5) is 41.7. The number of rotatable bonds is 4. The van der Waals surface area contributed by atoms with Crippen molar-refractivity contribution in [2.75, 3.05) is 0 Å². The third kappa shape index (κ3) is 2.82. The molecule has 4 rings (SSSR count). The number of hydroxylamine groups is 2. The molecule has 128 valence electrons. The summed E-state index contributed by atoms with van der Waals surface area (Å²) in [5.74, 6) is -1.45. The molecule has 2 aromatic rings. The molecule has 0 spiro atoms. The van der Waals surface area contributed by atoms with Crippen molar-refractivity contribution >= 4 is 17.8 Å². The average Bonchev–Trinajstić information content (AvgIpc) is 3.34. The highest BCUT2D eigenvalue weighted by atomic mass is 16.7. The maximum Gasteiger partial charge on any atom is 0.367 e. The Balaban J connectivity index is 1.45. The maximum absolute atomic E-state index is 12.3. The van der Waals surface area contributed by atoms with Crippen LogP contribution in [0.3, 0.4) is 0 Å². The van der Waals surface area contributed by atoms with Gasteiger partial charge in [0, 0.05) is 12.7 Å². The van der Waals surface area contributed by atoms with Crippen molar-refractivity contribution in [3.63, 3.8) is 0 Å². The van der Waals surface area contributed by atoms with Gasteiger partial charge in [-0.3, -0.25) is 14.3 Å². The number of carbonyl (C=O) groups is 3. The minimum atomic E-state index is -0.771. The quantitative estimate of drug-likeness (QED) is 0.799. The molecule has 2 amide bonds. The zero-order valence-corrected chi connectivity index (χ0v) is 13.6. The zero-order chi connectivity index (χ0) is 17.4. The van der Waals surface area contributed by atoms with Gasteiger partial charge in [0.25, 0.3) is 11.8 Å². The van der Waals surface area contributed by atoms with Crippen molar-refractivity contribution in [3.8, 4) is 0 Å². The van der Waals surface area contributed by atoms with Crippen LogP contribution in [-0.4, -0.2) is 32.6 Å². The number of hydrogen-bond donors (Lipinski definition) is 0. The van der Waals surface area contributed by atoms with E-state index in [9.17, 15) is 14.4 Å². The highest BCUT2D eigenvalue weighted by Crippen LogP contribution is 2.26. The first-order valence-electron chi connectivity index (χ1n) is 8.36. The van der Waals surface area contributed by atoms with Crippen LogP contribution in [0.1, 0.15) is 56.8 Å². The van der Waals surface area contributed by atoms with Crippen LogP contribution in [0.15, 0.2) is 36.7 Å². The summed E-state index contributed by atoms with van der Waals surface area (Å²) in [6.07, 6.45) is 7.82. The zero-order valence-electron chi connectivity index (χ0n) is 13.6. The van der Waals surface area contributed by atoms with Crippen LogP contribution in [0.5, 0.6) is 0 Å². The molecule has 0 unspecified atom stereocenters. The molecule has 0 bridgehead atoms. The van der Waals surface area contributed by atoms with Crippen LogP contribution in [0.2, 0.25) is 0 Å². The first kappa shape index (κ1) is 15.6. The topological polar surface area (TPSA) is 81.5 Å². The molecule has 7 heteroatoms. The van der Waals surface area contributed by atoms with Crippen LogP contribution in [0, 0.1) is 5.92 Å². The lowest BCUT2D eigenvalue weighted by atomic mass is 10.1. The largest absolute Gasteiger partial charge is 0.367 e. The highest BCUT2D eigenvalue weighted by Gasteiger charge is 2.38. The standard InChI is InChI=1S/C18H17N3O4/c22-16-14-7-3-4-8-15(14)17(23)21(16)25-18(24)13-9-19-20(11-13)10-12-5-1-2-6-12/h3-4,7-9,11-12H,1-2,5-6,10H2. The van der Waals surface area contributed by atoms with Gasteiger partial charge < -0.3 is 4.84 Å². The average molecular weight is 339 g/mol. The monoisotopic (exact) mass is 339 g/mol. The predicted octanol–water partition coefficient (Wildman–Crippen LogP) is 2.44. The van der Waals surface area contributed by atoms with Gasteiger partial charge in [0.2, 0.25) is 0 Å². The normalized spacial score (nSPS) is 17.2. The van der Waals surface area contributed by atoms with E-state index in [0.29, 0.717) is 11.0 Å². The summed E-state index contributed by atoms with van der Waals surface area (Å²) >= 11 is 0. The SMILES string of the molecule is O=C(ON1C(=O)c2ccccc2C1=O)c1cnn(CC2CCCC2)c1. The van der Waals surface area contributed by atoms with E-state index < -0.39 is 17.8 Å². The summed E-state index contributed by atoms with van der Waals surface area (Å²) in [6.45, 7) is 0.764. The minimum absolute atomic E-state index is 0.217. The number of carbonyl (C=O) groups excluding carboxylic acids is 3. The number of amides is 2. The van der Waals surface area contributed by atoms with E-state index in [0.717, 1.165) is 6.54 Å². The summed E-state index contributed by atoms with van der Waals surface area (Å²) in [6, 6.07) is 6.37. The number of nitrogens with zero attached hydrogens (tertiary/aromatic N) is 3. The van der Waals surface area contributed by atoms with Crippen molar-refractivity contribution < 1.29 is 19.2 Å². The van der Waals surface area contributed by atoms with Crippen molar-refractivity contribution in [1.29, 1.82) is 0 Å². The van der Waals surface area contributed by atoms with Crippen LogP contribution in [-0.2, 0) is 11.4 Å². The first-order chi connectivity index (χ1) is 12.1. The van der Waals surface area contributed by atoms with Gasteiger partial charge >= 0.3 is 5.97 Å². The smallest absolute Gasteiger partial charge is 0.324 e. The number of hydrogen-bond acceptors (Lipinski definition) is 5. The van der Waals surface area contributed by atoms with Crippen molar-refractivity contribution in [2.45, 2.75) is 32.2 Å². The third-order valence-electron chi connectivity index (χ3n) is 4.72. The Morgan fingerprint density at radius 3 is 2.40 bits per heavy atom. The molecule has 1 aliphatic carbocycles. The van der Waals surface area contributed by atoms with Gasteiger partial charge in [0.05, 0.1) is 22.9 Å². The lowest BCUT2D eigenvalue weighted by Crippen LogP contribution is -2.32. The van der Waals surface area contributed by atoms with Gasteiger partial charge in [-0.1, -0.05) is 30.0 Å². The Labute approximate surface area is 144 Å². The number of benzene rings is 1. The molecule has 0 atom stereocenters. The van der Waals surface area contributed by atoms with E-state index in [-0.39, 0.29) is 16.7 Å². The number of fused-ring (bicyclic) bond motifs is 1. The van der Waals surface area contributed by atoms with Gasteiger partial charge in [-0.2, -0.15) is 5.10 Å². The predicted molar refractivity (Wildman–Crippen MR) is 86.5 cm³/mol. The van der Waals surface area contributed by atoms with E-state index in [2.05, 4.69) is 5.10 Å². The molecule has 0 saturated heterocycles. The molecule has 2 heterocycles. The van der Waals surface area contributed by atoms with Gasteiger partial charge in [0.15, 0.2) is 0 Å². The fourth-order valence-electron chi connectivity index (χ4n) is 3.41. The third-order valence-corrected chi connectivity index (χ3v) is 4.72. The Morgan fingerprint density at radius 2 is 1.76 bits per heavy atom. The van der Waals surface area contributed by atoms with Crippen molar-refractivity contribution in [1.82, 2.24) is 14.8 Å². The first-order valence-corrected chi connectivity index (χ1v) is 8.36. The molecule has 0 radical (unpaired) electrons. The second-order valence-electron chi connectivity index (χ2n) is 6.43. The van der Waals surface area contributed by atoms with E-state index in [4.69, 9.17) is 4.84 Å². The van der Waals surface area contributed by atoms with Crippen molar-refractivity contribution in [3.05, 3.63) is 53.3 Å². The van der Waals surface area contributed by atoms with Gasteiger partial charge in [0.1, 0.15) is 0 Å². The molecule has 25 heavy (non-hydrogen) atoms. The molecule has 1 fully saturated rings. The van der Waals surface area contributed by atoms with E-state index in [1.807, 2.05) is 0 Å². The lowest BCUT2D eigenvalue weighted by molar-refractivity contribution is -0.0584. The summed E-state index contributed by atoms with van der Waals surface area (Å²) in [7, 11) is 0. The second-order valence-corrected chi connectivity index (χ2v) is 6.43. The summed E-state index contributed by atoms with van der Waals surface area (Å²) in [5.41, 5.74) is 0.684. The van der Waals surface area contributed by atoms with E-state index in [1.54, 1.807) is 23.0 Å². The molecule has 1 aliphatic heterocycles. The lowest BCUT2D eigenvalue weighted by Gasteiger charge is -2.11. The Bertz CT molecular complexity index is 817. The van der Waals surface area contributed by atoms with Gasteiger partial charge in [-0.25, -0.2) is 4.79 Å². The molecule has 7 nitrogen and oxygen atoms in total. The number of aromatic nitrogens is 2. The Kier molecular flexibility index (Phi) is 3.83. The van der Waals surface area contributed by atoms with Crippen LogP contribution in [0.4, 0.5) is 0 Å². The molecule has 1 aromatic heterocycles. The van der Waals surface area contributed by atoms with Crippen LogP contribution in [0.25, 0.3) is 0 Å². The van der Waals surface area contributed by atoms with E-state index in [1.165, 1.54) is 44.0 Å². The minimum Gasteiger partial charge on any atom is -0.324 e. The molecular weight excluding hydrogens is 322 g/mol. The van der Waals surface area contributed by atoms with Crippen molar-refractivity contribution in [2.24, 2.45) is 5.92 Å². The molecular formula is C18H17N3O4. The molecule has 2 aliphatic rings. The van der Waals surface area contributed by atoms with Gasteiger partial charge in [-0.05, 0) is 30.9 Å². The summed E-state index contributed by atoms with van der Waals surface area (Å²) < 4.78 is 1.72. The van der Waals surface area contributed by atoms with E-state index >= 15 is 0 Å². The highest BCUT2D eigenvalue weighted by molar-refractivity contribution is 6.21. The van der Waals surface area contributed by atoms with Crippen LogP contribution < -0.4 is 0 Å². The fourth-order valence-corrected chi connectivity index (χ4v) is 3.41. The molecule has 1 saturated carbocycles. The summed E-state index contributed by atoms with van der Waals surface area (Å²) in [5, 5.41) is 4.70. The Morgan fingerprint density at radius 1 is 1.12 bits per heavy atom. The number of imide groups is 1. The maximum atomic E-state index is 12.3. The molecule has 0 N–H and O–H groups in total. The van der Waals surface area contributed by atoms with Crippen LogP contribution >= 0.6 is 0 Å². The Hall–Kier alpha value is -2.96. The fraction of sp³-hybridized carbons (Fsp3) is 0.333.